The van der Waals surface area contributed by atoms with E-state index in [1.54, 1.807) is 18.2 Å². The van der Waals surface area contributed by atoms with E-state index in [1.165, 1.54) is 25.4 Å². The van der Waals surface area contributed by atoms with Gasteiger partial charge in [0.1, 0.15) is 22.9 Å². The summed E-state index contributed by atoms with van der Waals surface area (Å²) < 4.78 is 10.9. The van der Waals surface area contributed by atoms with Gasteiger partial charge in [0.25, 0.3) is 5.91 Å². The van der Waals surface area contributed by atoms with E-state index in [0.717, 1.165) is 4.47 Å². The zero-order valence-corrected chi connectivity index (χ0v) is 14.0. The molecule has 0 aliphatic heterocycles. The first-order valence-corrected chi connectivity index (χ1v) is 7.55. The zero-order chi connectivity index (χ0) is 17.3. The molecule has 2 aromatic heterocycles. The van der Waals surface area contributed by atoms with Gasteiger partial charge in [-0.2, -0.15) is 0 Å². The van der Waals surface area contributed by atoms with Crippen molar-refractivity contribution < 1.29 is 19.1 Å². The molecule has 3 aromatic rings. The van der Waals surface area contributed by atoms with Crippen LogP contribution in [0.2, 0.25) is 0 Å². The third-order valence-corrected chi connectivity index (χ3v) is 3.75. The van der Waals surface area contributed by atoms with E-state index in [9.17, 15) is 14.7 Å². The number of rotatable bonds is 3. The number of hydrogen-bond acceptors (Lipinski definition) is 6. The molecule has 24 heavy (non-hydrogen) atoms. The predicted molar refractivity (Wildman–Crippen MR) is 90.6 cm³/mol. The Kier molecular flexibility index (Phi) is 4.22. The van der Waals surface area contributed by atoms with Crippen LogP contribution in [0.4, 0.5) is 5.82 Å². The minimum absolute atomic E-state index is 0.121. The van der Waals surface area contributed by atoms with E-state index in [0.29, 0.717) is 5.75 Å². The lowest BCUT2D eigenvalue weighted by Gasteiger charge is -2.08. The molecule has 0 fully saturated rings. The van der Waals surface area contributed by atoms with Gasteiger partial charge in [-0.3, -0.25) is 4.79 Å². The smallest absolute Gasteiger partial charge is 0.353 e. The van der Waals surface area contributed by atoms with Crippen LogP contribution in [-0.4, -0.2) is 23.1 Å². The Morgan fingerprint density at radius 1 is 1.33 bits per heavy atom. The molecule has 7 nitrogen and oxygen atoms in total. The van der Waals surface area contributed by atoms with Crippen LogP contribution >= 0.6 is 15.9 Å². The second kappa shape index (κ2) is 6.32. The molecule has 0 bridgehead atoms. The van der Waals surface area contributed by atoms with Gasteiger partial charge in [0.05, 0.1) is 12.5 Å². The van der Waals surface area contributed by atoms with Crippen molar-refractivity contribution in [3.05, 3.63) is 57.0 Å². The SMILES string of the molecule is COc1ccc2c(O)c(C(=O)Nc3ccc(Br)cn3)c(=O)oc2c1. The van der Waals surface area contributed by atoms with Gasteiger partial charge < -0.3 is 19.6 Å². The fourth-order valence-electron chi connectivity index (χ4n) is 2.12. The molecule has 0 aliphatic rings. The van der Waals surface area contributed by atoms with Gasteiger partial charge in [-0.25, -0.2) is 9.78 Å². The number of ether oxygens (including phenoxy) is 1. The number of nitrogens with one attached hydrogen (secondary N) is 1. The number of fused-ring (bicyclic) bond motifs is 1. The van der Waals surface area contributed by atoms with Gasteiger partial charge in [-0.15, -0.1) is 0 Å². The van der Waals surface area contributed by atoms with E-state index in [-0.39, 0.29) is 16.8 Å². The van der Waals surface area contributed by atoms with Gasteiger partial charge in [-0.05, 0) is 40.2 Å². The number of pyridine rings is 1. The van der Waals surface area contributed by atoms with E-state index < -0.39 is 22.8 Å². The van der Waals surface area contributed by atoms with Crippen molar-refractivity contribution >= 4 is 38.6 Å². The second-order valence-corrected chi connectivity index (χ2v) is 5.71. The Labute approximate surface area is 144 Å². The summed E-state index contributed by atoms with van der Waals surface area (Å²) in [6, 6.07) is 7.76. The maximum absolute atomic E-state index is 12.3. The quantitative estimate of drug-likeness (QED) is 0.666. The Hall–Kier alpha value is -2.87. The first kappa shape index (κ1) is 16.0. The summed E-state index contributed by atoms with van der Waals surface area (Å²) in [4.78, 5) is 28.4. The summed E-state index contributed by atoms with van der Waals surface area (Å²) in [7, 11) is 1.46. The fraction of sp³-hybridized carbons (Fsp3) is 0.0625. The van der Waals surface area contributed by atoms with E-state index in [2.05, 4.69) is 26.2 Å². The van der Waals surface area contributed by atoms with Crippen LogP contribution in [0.3, 0.4) is 0 Å². The molecule has 1 amide bonds. The Morgan fingerprint density at radius 2 is 2.12 bits per heavy atom. The molecule has 2 N–H and O–H groups in total. The van der Waals surface area contributed by atoms with Crippen molar-refractivity contribution in [2.75, 3.05) is 12.4 Å². The predicted octanol–water partition coefficient (Wildman–Crippen LogP) is 2.92. The molecule has 0 unspecified atom stereocenters. The molecule has 3 rings (SSSR count). The summed E-state index contributed by atoms with van der Waals surface area (Å²) in [5.74, 6) is -0.578. The third kappa shape index (κ3) is 2.95. The highest BCUT2D eigenvalue weighted by molar-refractivity contribution is 9.10. The van der Waals surface area contributed by atoms with E-state index >= 15 is 0 Å². The lowest BCUT2D eigenvalue weighted by molar-refractivity contribution is 0.102. The van der Waals surface area contributed by atoms with Crippen molar-refractivity contribution in [3.63, 3.8) is 0 Å². The van der Waals surface area contributed by atoms with Crippen molar-refractivity contribution in [3.8, 4) is 11.5 Å². The standard InChI is InChI=1S/C16H11BrN2O5/c1-23-9-3-4-10-11(6-9)24-16(22)13(14(10)20)15(21)19-12-5-2-8(17)7-18-12/h2-7,20H,1H3,(H,18,19,21). The Balaban J connectivity index is 2.03. The molecule has 0 saturated carbocycles. The first-order valence-electron chi connectivity index (χ1n) is 6.76. The molecule has 122 valence electrons. The van der Waals surface area contributed by atoms with Crippen LogP contribution in [0.15, 0.2) is 50.2 Å². The summed E-state index contributed by atoms with van der Waals surface area (Å²) in [5.41, 5.74) is -1.32. The van der Waals surface area contributed by atoms with E-state index in [1.807, 2.05) is 0 Å². The van der Waals surface area contributed by atoms with Crippen LogP contribution in [0.1, 0.15) is 10.4 Å². The zero-order valence-electron chi connectivity index (χ0n) is 12.4. The highest BCUT2D eigenvalue weighted by Gasteiger charge is 2.21. The van der Waals surface area contributed by atoms with Gasteiger partial charge in [0, 0.05) is 16.7 Å². The Morgan fingerprint density at radius 3 is 2.79 bits per heavy atom. The minimum atomic E-state index is -0.956. The lowest BCUT2D eigenvalue weighted by Crippen LogP contribution is -2.21. The number of amides is 1. The largest absolute Gasteiger partial charge is 0.506 e. The molecular formula is C16H11BrN2O5. The highest BCUT2D eigenvalue weighted by Crippen LogP contribution is 2.29. The molecular weight excluding hydrogens is 380 g/mol. The molecule has 0 saturated heterocycles. The maximum Gasteiger partial charge on any atom is 0.353 e. The first-order chi connectivity index (χ1) is 11.5. The summed E-state index contributed by atoms with van der Waals surface area (Å²) in [6.07, 6.45) is 1.49. The van der Waals surface area contributed by atoms with Crippen molar-refractivity contribution in [2.24, 2.45) is 0 Å². The van der Waals surface area contributed by atoms with Crippen molar-refractivity contribution in [2.45, 2.75) is 0 Å². The number of hydrogen-bond donors (Lipinski definition) is 2. The molecule has 0 radical (unpaired) electrons. The molecule has 0 spiro atoms. The molecule has 8 heteroatoms. The minimum Gasteiger partial charge on any atom is -0.506 e. The normalized spacial score (nSPS) is 10.6. The van der Waals surface area contributed by atoms with Crippen molar-refractivity contribution in [1.82, 2.24) is 4.98 Å². The monoisotopic (exact) mass is 390 g/mol. The van der Waals surface area contributed by atoms with Crippen molar-refractivity contribution in [1.29, 1.82) is 0 Å². The topological polar surface area (TPSA) is 102 Å². The number of methoxy groups -OCH3 is 1. The molecule has 1 aromatic carbocycles. The third-order valence-electron chi connectivity index (χ3n) is 3.28. The summed E-state index contributed by atoms with van der Waals surface area (Å²) >= 11 is 3.23. The van der Waals surface area contributed by atoms with Gasteiger partial charge in [0.2, 0.25) is 0 Å². The van der Waals surface area contributed by atoms with Crippen LogP contribution in [0, 0.1) is 0 Å². The second-order valence-electron chi connectivity index (χ2n) is 4.79. The van der Waals surface area contributed by atoms with Gasteiger partial charge in [0.15, 0.2) is 5.56 Å². The average molecular weight is 391 g/mol. The molecule has 0 aliphatic carbocycles. The maximum atomic E-state index is 12.3. The molecule has 2 heterocycles. The van der Waals surface area contributed by atoms with Gasteiger partial charge in [-0.1, -0.05) is 0 Å². The lowest BCUT2D eigenvalue weighted by atomic mass is 10.1. The number of aromatic hydroxyl groups is 1. The number of carbonyl (C=O) groups is 1. The number of halogens is 1. The number of nitrogens with zero attached hydrogens (tertiary/aromatic N) is 1. The summed E-state index contributed by atoms with van der Waals surface area (Å²) in [5, 5.41) is 13.0. The van der Waals surface area contributed by atoms with E-state index in [4.69, 9.17) is 9.15 Å². The van der Waals surface area contributed by atoms with Crippen LogP contribution in [0.5, 0.6) is 11.5 Å². The number of anilines is 1. The van der Waals surface area contributed by atoms with Crippen LogP contribution < -0.4 is 15.7 Å². The van der Waals surface area contributed by atoms with Gasteiger partial charge >= 0.3 is 5.63 Å². The van der Waals surface area contributed by atoms with Crippen LogP contribution in [0.25, 0.3) is 11.0 Å². The number of carbonyl (C=O) groups excluding carboxylic acids is 1. The fourth-order valence-corrected chi connectivity index (χ4v) is 2.36. The Bertz CT molecular complexity index is 982. The number of benzene rings is 1. The molecule has 0 atom stereocenters. The summed E-state index contributed by atoms with van der Waals surface area (Å²) in [6.45, 7) is 0. The highest BCUT2D eigenvalue weighted by atomic mass is 79.9. The van der Waals surface area contributed by atoms with Crippen LogP contribution in [-0.2, 0) is 0 Å². The average Bonchev–Trinajstić information content (AvgIpc) is 2.56. The number of aromatic nitrogens is 1.